The molecular formula is C14H22ClNO2. The van der Waals surface area contributed by atoms with E-state index in [4.69, 9.17) is 5.11 Å². The van der Waals surface area contributed by atoms with Gasteiger partial charge in [-0.2, -0.15) is 0 Å². The topological polar surface area (TPSA) is 49.3 Å². The highest BCUT2D eigenvalue weighted by atomic mass is 35.5. The summed E-state index contributed by atoms with van der Waals surface area (Å²) < 4.78 is 0. The lowest BCUT2D eigenvalue weighted by Crippen LogP contribution is -2.15. The Morgan fingerprint density at radius 3 is 1.94 bits per heavy atom. The average Bonchev–Trinajstić information content (AvgIpc) is 2.25. The number of carboxylic acid groups (broad SMARTS) is 1. The van der Waals surface area contributed by atoms with Crippen LogP contribution < -0.4 is 5.32 Å². The molecule has 0 unspecified atom stereocenters. The maximum atomic E-state index is 10.7. The highest BCUT2D eigenvalue weighted by Crippen LogP contribution is 2.32. The van der Waals surface area contributed by atoms with Gasteiger partial charge in [-0.15, -0.1) is 12.4 Å². The summed E-state index contributed by atoms with van der Waals surface area (Å²) in [5.74, 6) is -0.0757. The first-order valence-corrected chi connectivity index (χ1v) is 6.02. The molecule has 0 saturated carbocycles. The van der Waals surface area contributed by atoms with Gasteiger partial charge in [-0.1, -0.05) is 45.9 Å². The van der Waals surface area contributed by atoms with Gasteiger partial charge in [-0.25, -0.2) is 0 Å². The van der Waals surface area contributed by atoms with Gasteiger partial charge in [-0.05, 0) is 23.0 Å². The normalized spacial score (nSPS) is 10.3. The molecule has 0 aliphatic rings. The van der Waals surface area contributed by atoms with Crippen LogP contribution in [0, 0.1) is 0 Å². The van der Waals surface area contributed by atoms with Crippen molar-refractivity contribution in [1.29, 1.82) is 0 Å². The van der Waals surface area contributed by atoms with Crippen molar-refractivity contribution >= 4 is 24.1 Å². The van der Waals surface area contributed by atoms with Gasteiger partial charge in [-0.3, -0.25) is 4.79 Å². The van der Waals surface area contributed by atoms with E-state index in [0.717, 1.165) is 5.69 Å². The van der Waals surface area contributed by atoms with Crippen molar-refractivity contribution in [1.82, 2.24) is 0 Å². The summed E-state index contributed by atoms with van der Waals surface area (Å²) >= 11 is 0. The number of benzene rings is 1. The van der Waals surface area contributed by atoms with Crippen molar-refractivity contribution in [3.8, 4) is 0 Å². The first kappa shape index (κ1) is 16.8. The molecule has 18 heavy (non-hydrogen) atoms. The molecule has 1 aromatic rings. The molecule has 0 spiro atoms. The molecule has 0 saturated heterocycles. The predicted molar refractivity (Wildman–Crippen MR) is 78.0 cm³/mol. The van der Waals surface area contributed by atoms with Crippen molar-refractivity contribution < 1.29 is 9.90 Å². The summed E-state index contributed by atoms with van der Waals surface area (Å²) in [7, 11) is 0. The van der Waals surface area contributed by atoms with Gasteiger partial charge in [0.25, 0.3) is 0 Å². The molecule has 4 heteroatoms. The molecule has 2 N–H and O–H groups in total. The van der Waals surface area contributed by atoms with Gasteiger partial charge < -0.3 is 10.4 Å². The molecule has 0 amide bonds. The molecule has 0 radical (unpaired) electrons. The Balaban J connectivity index is 0.00000289. The number of carboxylic acids is 1. The van der Waals surface area contributed by atoms with Crippen LogP contribution >= 0.6 is 12.4 Å². The number of aliphatic carboxylic acids is 1. The van der Waals surface area contributed by atoms with Gasteiger partial charge >= 0.3 is 5.97 Å². The Labute approximate surface area is 115 Å². The molecule has 1 rings (SSSR count). The third-order valence-electron chi connectivity index (χ3n) is 2.79. The molecule has 102 valence electrons. The van der Waals surface area contributed by atoms with E-state index in [-0.39, 0.29) is 19.0 Å². The lowest BCUT2D eigenvalue weighted by Gasteiger charge is -2.20. The molecule has 0 bridgehead atoms. The zero-order valence-electron chi connectivity index (χ0n) is 11.4. The van der Waals surface area contributed by atoms with E-state index >= 15 is 0 Å². The second-order valence-corrected chi connectivity index (χ2v) is 4.87. The zero-order chi connectivity index (χ0) is 13.0. The van der Waals surface area contributed by atoms with Crippen LogP contribution in [-0.2, 0) is 4.79 Å². The Morgan fingerprint density at radius 1 is 1.17 bits per heavy atom. The fourth-order valence-electron chi connectivity index (χ4n) is 1.92. The minimum atomic E-state index is -0.835. The van der Waals surface area contributed by atoms with E-state index in [2.05, 4.69) is 45.1 Å². The molecule has 3 nitrogen and oxygen atoms in total. The Bertz CT molecular complexity index is 377. The molecule has 1 aromatic carbocycles. The lowest BCUT2D eigenvalue weighted by molar-refractivity contribution is -0.134. The average molecular weight is 272 g/mol. The number of carbonyl (C=O) groups is 1. The van der Waals surface area contributed by atoms with Crippen LogP contribution in [0.5, 0.6) is 0 Å². The van der Waals surface area contributed by atoms with Gasteiger partial charge in [0.1, 0.15) is 6.54 Å². The number of rotatable bonds is 5. The molecule has 0 aliphatic carbocycles. The third-order valence-corrected chi connectivity index (χ3v) is 2.79. The Morgan fingerprint density at radius 2 is 1.61 bits per heavy atom. The number of hydrogen-bond acceptors (Lipinski definition) is 2. The number of halogens is 1. The van der Waals surface area contributed by atoms with E-state index in [1.165, 1.54) is 11.1 Å². The largest absolute Gasteiger partial charge is 0.480 e. The fourth-order valence-corrected chi connectivity index (χ4v) is 1.92. The number of para-hydroxylation sites is 1. The van der Waals surface area contributed by atoms with Crippen LogP contribution in [0.3, 0.4) is 0 Å². The summed E-state index contributed by atoms with van der Waals surface area (Å²) in [6.07, 6.45) is 0. The van der Waals surface area contributed by atoms with Crippen LogP contribution in [0.15, 0.2) is 18.2 Å². The van der Waals surface area contributed by atoms with Crippen LogP contribution in [0.25, 0.3) is 0 Å². The van der Waals surface area contributed by atoms with Crippen molar-refractivity contribution in [2.24, 2.45) is 0 Å². The number of anilines is 1. The highest BCUT2D eigenvalue weighted by Gasteiger charge is 2.13. The maximum absolute atomic E-state index is 10.7. The summed E-state index contributed by atoms with van der Waals surface area (Å²) in [5, 5.41) is 11.8. The van der Waals surface area contributed by atoms with Crippen molar-refractivity contribution in [3.05, 3.63) is 29.3 Å². The molecule has 0 heterocycles. The molecule has 0 aliphatic heterocycles. The monoisotopic (exact) mass is 271 g/mol. The van der Waals surface area contributed by atoms with E-state index in [1.807, 2.05) is 6.07 Å². The number of hydrogen-bond donors (Lipinski definition) is 2. The predicted octanol–water partition coefficient (Wildman–Crippen LogP) is 3.85. The minimum absolute atomic E-state index is 0. The second kappa shape index (κ2) is 7.27. The van der Waals surface area contributed by atoms with Crippen LogP contribution in [0.4, 0.5) is 5.69 Å². The number of nitrogens with one attached hydrogen (secondary N) is 1. The standard InChI is InChI=1S/C14H21NO2.ClH/c1-9(2)11-6-5-7-12(10(3)4)14(11)15-8-13(16)17;/h5-7,9-10,15H,8H2,1-4H3,(H,16,17);1H. The molecule has 0 aromatic heterocycles. The Hall–Kier alpha value is -1.22. The fraction of sp³-hybridized carbons (Fsp3) is 0.500. The van der Waals surface area contributed by atoms with E-state index in [9.17, 15) is 4.79 Å². The highest BCUT2D eigenvalue weighted by molar-refractivity contribution is 5.85. The summed E-state index contributed by atoms with van der Waals surface area (Å²) in [4.78, 5) is 10.7. The van der Waals surface area contributed by atoms with Crippen LogP contribution in [0.1, 0.15) is 50.7 Å². The smallest absolute Gasteiger partial charge is 0.322 e. The van der Waals surface area contributed by atoms with E-state index < -0.39 is 5.97 Å². The Kier molecular flexibility index (Phi) is 6.77. The van der Waals surface area contributed by atoms with Gasteiger partial charge in [0.2, 0.25) is 0 Å². The van der Waals surface area contributed by atoms with Crippen molar-refractivity contribution in [2.45, 2.75) is 39.5 Å². The lowest BCUT2D eigenvalue weighted by atomic mass is 9.92. The zero-order valence-corrected chi connectivity index (χ0v) is 12.2. The van der Waals surface area contributed by atoms with Crippen LogP contribution in [-0.4, -0.2) is 17.6 Å². The van der Waals surface area contributed by atoms with Gasteiger partial charge in [0.15, 0.2) is 0 Å². The maximum Gasteiger partial charge on any atom is 0.322 e. The second-order valence-electron chi connectivity index (χ2n) is 4.87. The van der Waals surface area contributed by atoms with E-state index in [1.54, 1.807) is 0 Å². The van der Waals surface area contributed by atoms with Crippen LogP contribution in [0.2, 0.25) is 0 Å². The minimum Gasteiger partial charge on any atom is -0.480 e. The quantitative estimate of drug-likeness (QED) is 0.855. The first-order chi connectivity index (χ1) is 7.93. The third kappa shape index (κ3) is 4.22. The summed E-state index contributed by atoms with van der Waals surface area (Å²) in [6.45, 7) is 8.43. The SMILES string of the molecule is CC(C)c1cccc(C(C)C)c1NCC(=O)O.Cl. The molecular weight excluding hydrogens is 250 g/mol. The molecule has 0 atom stereocenters. The van der Waals surface area contributed by atoms with Crippen molar-refractivity contribution in [2.75, 3.05) is 11.9 Å². The van der Waals surface area contributed by atoms with Gasteiger partial charge in [0, 0.05) is 5.69 Å². The van der Waals surface area contributed by atoms with E-state index in [0.29, 0.717) is 11.8 Å². The summed E-state index contributed by atoms with van der Waals surface area (Å²) in [5.41, 5.74) is 3.34. The summed E-state index contributed by atoms with van der Waals surface area (Å²) in [6, 6.07) is 6.15. The van der Waals surface area contributed by atoms with Gasteiger partial charge in [0.05, 0.1) is 0 Å². The first-order valence-electron chi connectivity index (χ1n) is 6.02. The molecule has 0 fully saturated rings. The van der Waals surface area contributed by atoms with Crippen molar-refractivity contribution in [3.63, 3.8) is 0 Å².